The number of esters is 2. The van der Waals surface area contributed by atoms with Crippen molar-refractivity contribution in [2.75, 3.05) is 11.9 Å². The van der Waals surface area contributed by atoms with Crippen molar-refractivity contribution in [3.05, 3.63) is 57.6 Å². The molecule has 2 N–H and O–H groups in total. The van der Waals surface area contributed by atoms with Crippen molar-refractivity contribution in [1.82, 2.24) is 0 Å². The molecule has 6 nitrogen and oxygen atoms in total. The number of aryl methyl sites for hydroxylation is 4. The fourth-order valence-electron chi connectivity index (χ4n) is 4.03. The Hall–Kier alpha value is -2.67. The van der Waals surface area contributed by atoms with Crippen LogP contribution in [0.3, 0.4) is 0 Å². The molecule has 0 spiro atoms. The molecule has 0 atom stereocenters. The lowest BCUT2D eigenvalue weighted by molar-refractivity contribution is -0.141. The first-order valence-electron chi connectivity index (χ1n) is 12.6. The van der Waals surface area contributed by atoms with E-state index in [1.54, 1.807) is 0 Å². The molecule has 2 aromatic rings. The van der Waals surface area contributed by atoms with Crippen LogP contribution >= 0.6 is 11.8 Å². The lowest BCUT2D eigenvalue weighted by Crippen LogP contribution is -2.13. The van der Waals surface area contributed by atoms with Gasteiger partial charge in [0.15, 0.2) is 0 Å². The van der Waals surface area contributed by atoms with Gasteiger partial charge in [0.1, 0.15) is 23.4 Å². The average molecular weight is 531 g/mol. The van der Waals surface area contributed by atoms with E-state index in [1.165, 1.54) is 11.8 Å². The number of ether oxygens (including phenoxy) is 2. The fraction of sp³-hybridized carbons (Fsp3) is 0.533. The lowest BCUT2D eigenvalue weighted by atomic mass is 9.83. The molecule has 0 heterocycles. The highest BCUT2D eigenvalue weighted by Gasteiger charge is 2.21. The number of hydrogen-bond donors (Lipinski definition) is 2. The van der Waals surface area contributed by atoms with Crippen molar-refractivity contribution < 1.29 is 29.3 Å². The van der Waals surface area contributed by atoms with E-state index in [0.29, 0.717) is 24.3 Å². The third kappa shape index (κ3) is 9.29. The van der Waals surface area contributed by atoms with E-state index in [1.807, 2.05) is 79.7 Å². The number of phenolic OH excluding ortho intramolecular Hbond substituents is 2. The van der Waals surface area contributed by atoms with E-state index in [-0.39, 0.29) is 47.5 Å². The van der Waals surface area contributed by atoms with Crippen LogP contribution < -0.4 is 0 Å². The van der Waals surface area contributed by atoms with E-state index in [4.69, 9.17) is 9.47 Å². The van der Waals surface area contributed by atoms with E-state index in [0.717, 1.165) is 33.4 Å². The van der Waals surface area contributed by atoms with Crippen LogP contribution in [0.5, 0.6) is 11.5 Å². The van der Waals surface area contributed by atoms with Crippen LogP contribution in [0.1, 0.15) is 87.8 Å². The molecule has 0 aliphatic rings. The highest BCUT2D eigenvalue weighted by molar-refractivity contribution is 7.99. The Morgan fingerprint density at radius 2 is 1.05 bits per heavy atom. The second-order valence-corrected chi connectivity index (χ2v) is 12.5. The number of aromatic hydroxyl groups is 2. The van der Waals surface area contributed by atoms with Gasteiger partial charge in [0.25, 0.3) is 0 Å². The molecule has 0 aliphatic heterocycles. The zero-order chi connectivity index (χ0) is 28.0. The smallest absolute Gasteiger partial charge is 0.306 e. The van der Waals surface area contributed by atoms with E-state index in [9.17, 15) is 19.8 Å². The SMILES string of the molecule is Cc1cc(CCC(=O)OCSCOC(=O)CCc2cc(C)c(O)c(C(C)(C)C)c2)cc(C(C)(C)C)c1O. The first-order chi connectivity index (χ1) is 17.1. The summed E-state index contributed by atoms with van der Waals surface area (Å²) >= 11 is 1.22. The molecule has 2 rings (SSSR count). The quantitative estimate of drug-likeness (QED) is 0.203. The monoisotopic (exact) mass is 530 g/mol. The van der Waals surface area contributed by atoms with Crippen molar-refractivity contribution in [3.8, 4) is 11.5 Å². The van der Waals surface area contributed by atoms with Gasteiger partial charge in [0, 0.05) is 12.8 Å². The number of benzene rings is 2. The molecule has 0 aromatic heterocycles. The molecule has 0 unspecified atom stereocenters. The summed E-state index contributed by atoms with van der Waals surface area (Å²) in [6, 6.07) is 7.70. The third-order valence-corrected chi connectivity index (χ3v) is 6.75. The minimum Gasteiger partial charge on any atom is -0.507 e. The molecular formula is C30H42O6S. The lowest BCUT2D eigenvalue weighted by Gasteiger charge is -2.22. The summed E-state index contributed by atoms with van der Waals surface area (Å²) in [7, 11) is 0. The normalized spacial score (nSPS) is 11.9. The Kier molecular flexibility index (Phi) is 10.5. The van der Waals surface area contributed by atoms with Crippen molar-refractivity contribution in [1.29, 1.82) is 0 Å². The van der Waals surface area contributed by atoms with Gasteiger partial charge < -0.3 is 19.7 Å². The van der Waals surface area contributed by atoms with Crippen molar-refractivity contribution in [2.45, 2.75) is 91.9 Å². The Balaban J connectivity index is 1.71. The van der Waals surface area contributed by atoms with E-state index in [2.05, 4.69) is 0 Å². The van der Waals surface area contributed by atoms with Gasteiger partial charge in [-0.3, -0.25) is 9.59 Å². The molecule has 0 amide bonds. The van der Waals surface area contributed by atoms with Crippen LogP contribution in [0.4, 0.5) is 0 Å². The van der Waals surface area contributed by atoms with Gasteiger partial charge in [0.05, 0.1) is 0 Å². The highest BCUT2D eigenvalue weighted by Crippen LogP contribution is 2.35. The molecular weight excluding hydrogens is 488 g/mol. The number of rotatable bonds is 10. The molecule has 0 bridgehead atoms. The van der Waals surface area contributed by atoms with Crippen LogP contribution in [-0.4, -0.2) is 34.0 Å². The number of thioether (sulfide) groups is 1. The van der Waals surface area contributed by atoms with Gasteiger partial charge in [-0.05, 0) is 70.9 Å². The second kappa shape index (κ2) is 12.7. The summed E-state index contributed by atoms with van der Waals surface area (Å²) < 4.78 is 10.5. The molecule has 0 aliphatic carbocycles. The zero-order valence-corrected chi connectivity index (χ0v) is 24.3. The molecule has 0 radical (unpaired) electrons. The minimum absolute atomic E-state index is 0.111. The minimum atomic E-state index is -0.320. The summed E-state index contributed by atoms with van der Waals surface area (Å²) in [4.78, 5) is 24.3. The maximum Gasteiger partial charge on any atom is 0.306 e. The molecule has 204 valence electrons. The van der Waals surface area contributed by atoms with Crippen LogP contribution in [0.25, 0.3) is 0 Å². The van der Waals surface area contributed by atoms with Gasteiger partial charge in [0.2, 0.25) is 0 Å². The summed E-state index contributed by atoms with van der Waals surface area (Å²) in [6.07, 6.45) is 1.51. The standard InChI is InChI=1S/C30H42O6S/c1-19-13-21(15-23(27(19)33)29(3,4)5)9-11-25(31)35-17-37-18-36-26(32)12-10-22-14-20(2)28(34)24(16-22)30(6,7)8/h13-16,33-34H,9-12,17-18H2,1-8H3. The maximum absolute atomic E-state index is 12.1. The summed E-state index contributed by atoms with van der Waals surface area (Å²) in [6.45, 7) is 16.0. The predicted octanol–water partition coefficient (Wildman–Crippen LogP) is 6.61. The Morgan fingerprint density at radius 1 is 0.703 bits per heavy atom. The number of phenols is 2. The summed E-state index contributed by atoms with van der Waals surface area (Å²) in [5.41, 5.74) is 4.89. The van der Waals surface area contributed by atoms with E-state index >= 15 is 0 Å². The van der Waals surface area contributed by atoms with Crippen LogP contribution in [0.15, 0.2) is 24.3 Å². The first kappa shape index (κ1) is 30.6. The van der Waals surface area contributed by atoms with Gasteiger partial charge in [-0.2, -0.15) is 0 Å². The molecule has 2 aromatic carbocycles. The average Bonchev–Trinajstić information content (AvgIpc) is 2.78. The largest absolute Gasteiger partial charge is 0.507 e. The molecule has 37 heavy (non-hydrogen) atoms. The number of carbonyl (C=O) groups excluding carboxylic acids is 2. The first-order valence-corrected chi connectivity index (χ1v) is 13.8. The van der Waals surface area contributed by atoms with Crippen molar-refractivity contribution in [3.63, 3.8) is 0 Å². The summed E-state index contributed by atoms with van der Waals surface area (Å²) in [5, 5.41) is 20.7. The van der Waals surface area contributed by atoms with Crippen LogP contribution in [0.2, 0.25) is 0 Å². The maximum atomic E-state index is 12.1. The van der Waals surface area contributed by atoms with Crippen molar-refractivity contribution in [2.24, 2.45) is 0 Å². The van der Waals surface area contributed by atoms with Crippen molar-refractivity contribution >= 4 is 23.7 Å². The molecule has 0 fully saturated rings. The Labute approximate surface area is 225 Å². The van der Waals surface area contributed by atoms with E-state index < -0.39 is 0 Å². The summed E-state index contributed by atoms with van der Waals surface area (Å²) in [5.74, 6) is 0.189. The Bertz CT molecular complexity index is 1020. The third-order valence-electron chi connectivity index (χ3n) is 6.18. The van der Waals surface area contributed by atoms with Crippen LogP contribution in [-0.2, 0) is 42.7 Å². The molecule has 7 heteroatoms. The number of carbonyl (C=O) groups is 2. The molecule has 0 saturated carbocycles. The molecule has 0 saturated heterocycles. The van der Waals surface area contributed by atoms with Gasteiger partial charge in [-0.1, -0.05) is 77.6 Å². The zero-order valence-electron chi connectivity index (χ0n) is 23.5. The fourth-order valence-corrected chi connectivity index (χ4v) is 4.52. The second-order valence-electron chi connectivity index (χ2n) is 11.6. The van der Waals surface area contributed by atoms with Gasteiger partial charge in [-0.15, -0.1) is 0 Å². The number of hydrogen-bond acceptors (Lipinski definition) is 7. The Morgan fingerprint density at radius 3 is 1.38 bits per heavy atom. The topological polar surface area (TPSA) is 93.1 Å². The predicted molar refractivity (Wildman–Crippen MR) is 149 cm³/mol. The highest BCUT2D eigenvalue weighted by atomic mass is 32.2. The van der Waals surface area contributed by atoms with Crippen LogP contribution in [0, 0.1) is 13.8 Å². The van der Waals surface area contributed by atoms with Gasteiger partial charge in [-0.25, -0.2) is 0 Å². The van der Waals surface area contributed by atoms with Gasteiger partial charge >= 0.3 is 11.9 Å².